The highest BCUT2D eigenvalue weighted by Crippen LogP contribution is 2.42. The normalized spacial score (nSPS) is 21.3. The largest absolute Gasteiger partial charge is 0.508 e. The van der Waals surface area contributed by atoms with Crippen LogP contribution in [0.15, 0.2) is 43.1 Å². The number of phenolic OH excluding ortho intramolecular Hbond substituents is 1. The van der Waals surface area contributed by atoms with Crippen LogP contribution in [0.4, 0.5) is 14.6 Å². The van der Waals surface area contributed by atoms with Crippen LogP contribution in [0.2, 0.25) is 0 Å². The van der Waals surface area contributed by atoms with Gasteiger partial charge in [0, 0.05) is 37.8 Å². The van der Waals surface area contributed by atoms with Crippen molar-refractivity contribution in [1.29, 1.82) is 0 Å². The number of nitrogens with zero attached hydrogens (tertiary/aromatic N) is 6. The highest BCUT2D eigenvalue weighted by molar-refractivity contribution is 6.03. The number of amides is 1. The lowest BCUT2D eigenvalue weighted by atomic mass is 9.94. The number of aliphatic hydroxyl groups is 1. The Labute approximate surface area is 289 Å². The molecule has 2 N–H and O–H groups in total. The summed E-state index contributed by atoms with van der Waals surface area (Å²) in [6.45, 7) is 6.25. The molecule has 1 saturated carbocycles. The fraction of sp³-hybridized carbons (Fsp3) is 0.421. The van der Waals surface area contributed by atoms with Crippen LogP contribution in [-0.4, -0.2) is 98.4 Å². The van der Waals surface area contributed by atoms with Crippen molar-refractivity contribution in [2.45, 2.75) is 62.1 Å². The molecule has 260 valence electrons. The first-order valence-electron chi connectivity index (χ1n) is 16.9. The number of aromatic hydroxyl groups is 1. The second kappa shape index (κ2) is 12.8. The average Bonchev–Trinajstić information content (AvgIpc) is 3.81. The van der Waals surface area contributed by atoms with Crippen molar-refractivity contribution in [1.82, 2.24) is 24.8 Å². The summed E-state index contributed by atoms with van der Waals surface area (Å²) in [7, 11) is 3.48. The van der Waals surface area contributed by atoms with E-state index in [1.54, 1.807) is 19.0 Å². The maximum Gasteiger partial charge on any atom is 0.319 e. The second-order valence-electron chi connectivity index (χ2n) is 14.0. The van der Waals surface area contributed by atoms with Crippen LogP contribution in [0.1, 0.15) is 50.5 Å². The minimum Gasteiger partial charge on any atom is -0.508 e. The number of phenols is 1. The van der Waals surface area contributed by atoms with E-state index in [0.717, 1.165) is 38.8 Å². The molecule has 50 heavy (non-hydrogen) atoms. The van der Waals surface area contributed by atoms with Gasteiger partial charge in [0.1, 0.15) is 35.2 Å². The quantitative estimate of drug-likeness (QED) is 0.182. The van der Waals surface area contributed by atoms with E-state index in [9.17, 15) is 19.4 Å². The van der Waals surface area contributed by atoms with Crippen LogP contribution < -0.4 is 9.64 Å². The minimum atomic E-state index is -0.824. The molecule has 7 rings (SSSR count). The van der Waals surface area contributed by atoms with Crippen molar-refractivity contribution in [3.05, 3.63) is 60.3 Å². The fourth-order valence-corrected chi connectivity index (χ4v) is 8.50. The highest BCUT2D eigenvalue weighted by atomic mass is 19.1. The standard InChI is InChI=1S/C38H40F2N6O4/c1-5-26-29(39)10-9-23-17-25(48)18-27(31(23)26)33-32(40)34-28(20-41-33)35(43-36(42-34)50-22-37-12-7-15-46(37)16-8-13-37)44(3)21-38(14-11-24(47)19-38)45(4)30(49)6-2/h1,6,9-10,17-18,20,24,47-48H,2,7-8,11-16,19,21-22H2,3-4H3. The SMILES string of the molecule is C#Cc1c(F)ccc2cc(O)cc(-c3ncc4c(N(C)CC5(N(C)C(=O)C=C)CCC(O)C5)nc(OCC56CCCN5CCC6)nc4c3F)c12. The van der Waals surface area contributed by atoms with E-state index in [1.165, 1.54) is 36.5 Å². The lowest BCUT2D eigenvalue weighted by Gasteiger charge is -2.41. The van der Waals surface area contributed by atoms with Crippen LogP contribution in [0.25, 0.3) is 32.9 Å². The predicted molar refractivity (Wildman–Crippen MR) is 187 cm³/mol. The molecule has 2 aromatic carbocycles. The van der Waals surface area contributed by atoms with Gasteiger partial charge in [-0.25, -0.2) is 8.78 Å². The zero-order valence-corrected chi connectivity index (χ0v) is 28.3. The molecule has 12 heteroatoms. The number of terminal acetylenes is 1. The van der Waals surface area contributed by atoms with E-state index in [0.29, 0.717) is 37.1 Å². The number of hydrogen-bond acceptors (Lipinski definition) is 9. The van der Waals surface area contributed by atoms with E-state index < -0.39 is 23.3 Å². The molecule has 0 bridgehead atoms. The maximum atomic E-state index is 17.0. The number of likely N-dealkylation sites (N-methyl/N-ethyl adjacent to an activating group) is 2. The van der Waals surface area contributed by atoms with Crippen molar-refractivity contribution in [3.63, 3.8) is 0 Å². The predicted octanol–water partition coefficient (Wildman–Crippen LogP) is 5.18. The van der Waals surface area contributed by atoms with Crippen LogP contribution in [-0.2, 0) is 4.79 Å². The molecule has 1 amide bonds. The summed E-state index contributed by atoms with van der Waals surface area (Å²) in [5, 5.41) is 22.1. The first kappa shape index (κ1) is 33.6. The molecule has 0 spiro atoms. The van der Waals surface area contributed by atoms with Crippen LogP contribution in [0, 0.1) is 24.0 Å². The van der Waals surface area contributed by atoms with Crippen molar-refractivity contribution in [2.75, 3.05) is 45.2 Å². The molecular weight excluding hydrogens is 642 g/mol. The lowest BCUT2D eigenvalue weighted by Crippen LogP contribution is -2.54. The summed E-state index contributed by atoms with van der Waals surface area (Å²) in [6.07, 6.45) is 13.3. The third kappa shape index (κ3) is 5.58. The number of aromatic nitrogens is 3. The Kier molecular flexibility index (Phi) is 8.60. The number of hydrogen-bond donors (Lipinski definition) is 2. The first-order valence-corrected chi connectivity index (χ1v) is 16.9. The van der Waals surface area contributed by atoms with Gasteiger partial charge in [0.05, 0.1) is 28.1 Å². The summed E-state index contributed by atoms with van der Waals surface area (Å²) in [5.74, 6) is 0.758. The lowest BCUT2D eigenvalue weighted by molar-refractivity contribution is -0.130. The van der Waals surface area contributed by atoms with Gasteiger partial charge < -0.3 is 24.7 Å². The summed E-state index contributed by atoms with van der Waals surface area (Å²) in [6, 6.07) is 5.39. The first-order chi connectivity index (χ1) is 24.0. The van der Waals surface area contributed by atoms with Gasteiger partial charge in [-0.1, -0.05) is 18.6 Å². The van der Waals surface area contributed by atoms with Gasteiger partial charge in [-0.2, -0.15) is 9.97 Å². The number of benzene rings is 2. The Morgan fingerprint density at radius 1 is 1.20 bits per heavy atom. The van der Waals surface area contributed by atoms with E-state index in [1.807, 2.05) is 4.90 Å². The van der Waals surface area contributed by atoms with Gasteiger partial charge >= 0.3 is 6.01 Å². The molecule has 2 unspecified atom stereocenters. The molecular formula is C38H40F2N6O4. The van der Waals surface area contributed by atoms with E-state index in [-0.39, 0.29) is 62.9 Å². The molecule has 2 aliphatic heterocycles. The van der Waals surface area contributed by atoms with Gasteiger partial charge in [0.2, 0.25) is 5.91 Å². The van der Waals surface area contributed by atoms with Gasteiger partial charge in [0.15, 0.2) is 5.82 Å². The maximum absolute atomic E-state index is 17.0. The molecule has 3 fully saturated rings. The summed E-state index contributed by atoms with van der Waals surface area (Å²) < 4.78 is 38.2. The van der Waals surface area contributed by atoms with E-state index >= 15 is 4.39 Å². The highest BCUT2D eigenvalue weighted by Gasteiger charge is 2.46. The zero-order valence-electron chi connectivity index (χ0n) is 28.3. The molecule has 4 heterocycles. The van der Waals surface area contributed by atoms with Gasteiger partial charge in [-0.3, -0.25) is 14.7 Å². The third-order valence-electron chi connectivity index (χ3n) is 11.0. The molecule has 10 nitrogen and oxygen atoms in total. The van der Waals surface area contributed by atoms with Crippen molar-refractivity contribution < 1.29 is 28.5 Å². The Morgan fingerprint density at radius 3 is 2.64 bits per heavy atom. The van der Waals surface area contributed by atoms with Crippen molar-refractivity contribution in [3.8, 4) is 35.4 Å². The second-order valence-corrected chi connectivity index (χ2v) is 14.0. The Morgan fingerprint density at radius 2 is 1.96 bits per heavy atom. The number of anilines is 1. The Bertz CT molecular complexity index is 2060. The van der Waals surface area contributed by atoms with Crippen molar-refractivity contribution in [2.24, 2.45) is 0 Å². The molecule has 2 saturated heterocycles. The minimum absolute atomic E-state index is 0.0179. The van der Waals surface area contributed by atoms with Crippen molar-refractivity contribution >= 4 is 33.4 Å². The number of pyridine rings is 1. The van der Waals surface area contributed by atoms with Crippen LogP contribution >= 0.6 is 0 Å². The molecule has 1 aliphatic carbocycles. The molecule has 4 aromatic rings. The monoisotopic (exact) mass is 682 g/mol. The topological polar surface area (TPSA) is 115 Å². The number of rotatable bonds is 9. The molecule has 2 atom stereocenters. The summed E-state index contributed by atoms with van der Waals surface area (Å²) in [4.78, 5) is 32.6. The average molecular weight is 683 g/mol. The number of carbonyl (C=O) groups excluding carboxylic acids is 1. The number of halogens is 2. The molecule has 2 aromatic heterocycles. The summed E-state index contributed by atoms with van der Waals surface area (Å²) >= 11 is 0. The van der Waals surface area contributed by atoms with Gasteiger partial charge in [0.25, 0.3) is 0 Å². The number of carbonyl (C=O) groups is 1. The number of ether oxygens (including phenoxy) is 1. The van der Waals surface area contributed by atoms with Crippen LogP contribution in [0.5, 0.6) is 11.8 Å². The zero-order chi connectivity index (χ0) is 35.4. The summed E-state index contributed by atoms with van der Waals surface area (Å²) in [5.41, 5.74) is -1.11. The Hall–Kier alpha value is -4.86. The Balaban J connectivity index is 1.37. The molecule has 0 radical (unpaired) electrons. The van der Waals surface area contributed by atoms with E-state index in [2.05, 4.69) is 27.4 Å². The van der Waals surface area contributed by atoms with Crippen LogP contribution in [0.3, 0.4) is 0 Å². The number of fused-ring (bicyclic) bond motifs is 3. The number of aliphatic hydroxyl groups excluding tert-OH is 1. The smallest absolute Gasteiger partial charge is 0.319 e. The van der Waals surface area contributed by atoms with E-state index in [4.69, 9.17) is 16.1 Å². The van der Waals surface area contributed by atoms with Gasteiger partial charge in [-0.05, 0) is 87.7 Å². The molecule has 3 aliphatic rings. The van der Waals surface area contributed by atoms with Gasteiger partial charge in [-0.15, -0.1) is 6.42 Å². The fourth-order valence-electron chi connectivity index (χ4n) is 8.50. The third-order valence-corrected chi connectivity index (χ3v) is 11.0.